The Labute approximate surface area is 99.9 Å². The lowest BCUT2D eigenvalue weighted by molar-refractivity contribution is 0.0157. The Hall–Kier alpha value is -2.10. The van der Waals surface area contributed by atoms with Crippen LogP contribution in [0.3, 0.4) is 0 Å². The fraction of sp³-hybridized carbons (Fsp3) is 0.231. The average Bonchev–Trinajstić information content (AvgIpc) is 2.83. The Kier molecular flexibility index (Phi) is 3.23. The number of carbonyl (C=O) groups excluding carboxylic acids is 1. The molecular formula is C13H14N2O2. The predicted molar refractivity (Wildman–Crippen MR) is 63.5 cm³/mol. The van der Waals surface area contributed by atoms with Gasteiger partial charge in [0.15, 0.2) is 6.23 Å². The van der Waals surface area contributed by atoms with Gasteiger partial charge in [0, 0.05) is 12.4 Å². The van der Waals surface area contributed by atoms with E-state index in [4.69, 9.17) is 4.74 Å². The van der Waals surface area contributed by atoms with E-state index in [0.29, 0.717) is 5.56 Å². The van der Waals surface area contributed by atoms with Crippen molar-refractivity contribution in [3.63, 3.8) is 0 Å². The number of benzene rings is 1. The summed E-state index contributed by atoms with van der Waals surface area (Å²) in [6.45, 7) is 3.77. The number of carbonyl (C=O) groups is 1. The van der Waals surface area contributed by atoms with E-state index >= 15 is 0 Å². The summed E-state index contributed by atoms with van der Waals surface area (Å²) in [5.41, 5.74) is 1.67. The highest BCUT2D eigenvalue weighted by molar-refractivity contribution is 5.89. The van der Waals surface area contributed by atoms with Gasteiger partial charge in [-0.15, -0.1) is 0 Å². The van der Waals surface area contributed by atoms with Crippen molar-refractivity contribution < 1.29 is 9.53 Å². The standard InChI is InChI=1S/C13H14N2O2/c1-10-3-5-12(6-4-10)13(16)17-11(2)15-8-7-14-9-15/h3-9,11H,1-2H3. The maximum Gasteiger partial charge on any atom is 0.340 e. The van der Waals surface area contributed by atoms with Crippen LogP contribution >= 0.6 is 0 Å². The van der Waals surface area contributed by atoms with Gasteiger partial charge in [0.2, 0.25) is 0 Å². The second-order valence-corrected chi connectivity index (χ2v) is 3.88. The molecular weight excluding hydrogens is 216 g/mol. The Morgan fingerprint density at radius 3 is 2.65 bits per heavy atom. The first kappa shape index (κ1) is 11.4. The molecule has 1 heterocycles. The minimum absolute atomic E-state index is 0.328. The van der Waals surface area contributed by atoms with E-state index in [0.717, 1.165) is 5.56 Å². The summed E-state index contributed by atoms with van der Waals surface area (Å²) < 4.78 is 7.03. The molecule has 0 amide bonds. The Morgan fingerprint density at radius 2 is 2.06 bits per heavy atom. The smallest absolute Gasteiger partial charge is 0.340 e. The number of aryl methyl sites for hydroxylation is 1. The summed E-state index contributed by atoms with van der Waals surface area (Å²) in [7, 11) is 0. The quantitative estimate of drug-likeness (QED) is 0.761. The third-order valence-corrected chi connectivity index (χ3v) is 2.51. The Bertz CT molecular complexity index is 489. The van der Waals surface area contributed by atoms with Crippen molar-refractivity contribution in [2.75, 3.05) is 0 Å². The zero-order valence-electron chi connectivity index (χ0n) is 9.83. The molecule has 1 atom stereocenters. The van der Waals surface area contributed by atoms with Gasteiger partial charge in [0.1, 0.15) is 0 Å². The van der Waals surface area contributed by atoms with Crippen LogP contribution in [0.25, 0.3) is 0 Å². The minimum atomic E-state index is -0.355. The van der Waals surface area contributed by atoms with Gasteiger partial charge in [-0.25, -0.2) is 9.78 Å². The van der Waals surface area contributed by atoms with E-state index in [9.17, 15) is 4.79 Å². The van der Waals surface area contributed by atoms with Gasteiger partial charge < -0.3 is 9.30 Å². The van der Waals surface area contributed by atoms with E-state index in [-0.39, 0.29) is 12.2 Å². The second-order valence-electron chi connectivity index (χ2n) is 3.88. The molecule has 0 spiro atoms. The number of aromatic nitrogens is 2. The van der Waals surface area contributed by atoms with Gasteiger partial charge in [0.25, 0.3) is 0 Å². The van der Waals surface area contributed by atoms with Crippen LogP contribution in [0.5, 0.6) is 0 Å². The van der Waals surface area contributed by atoms with Crippen molar-refractivity contribution in [1.82, 2.24) is 9.55 Å². The molecule has 0 bridgehead atoms. The predicted octanol–water partition coefficient (Wildman–Crippen LogP) is 2.57. The monoisotopic (exact) mass is 230 g/mol. The minimum Gasteiger partial charge on any atom is -0.438 e. The van der Waals surface area contributed by atoms with Crippen molar-refractivity contribution in [1.29, 1.82) is 0 Å². The third-order valence-electron chi connectivity index (χ3n) is 2.51. The Balaban J connectivity index is 2.04. The topological polar surface area (TPSA) is 44.1 Å². The van der Waals surface area contributed by atoms with Crippen LogP contribution in [0.2, 0.25) is 0 Å². The lowest BCUT2D eigenvalue weighted by atomic mass is 10.1. The first-order valence-corrected chi connectivity index (χ1v) is 5.42. The number of imidazole rings is 1. The molecule has 2 aromatic rings. The fourth-order valence-electron chi connectivity index (χ4n) is 1.46. The van der Waals surface area contributed by atoms with Gasteiger partial charge in [-0.05, 0) is 26.0 Å². The summed E-state index contributed by atoms with van der Waals surface area (Å²) in [5, 5.41) is 0. The second kappa shape index (κ2) is 4.82. The molecule has 17 heavy (non-hydrogen) atoms. The first-order valence-electron chi connectivity index (χ1n) is 5.42. The lowest BCUT2D eigenvalue weighted by Gasteiger charge is -2.14. The first-order chi connectivity index (χ1) is 8.16. The van der Waals surface area contributed by atoms with Crippen LogP contribution in [0.1, 0.15) is 29.1 Å². The van der Waals surface area contributed by atoms with Gasteiger partial charge in [-0.2, -0.15) is 0 Å². The van der Waals surface area contributed by atoms with E-state index in [2.05, 4.69) is 4.98 Å². The van der Waals surface area contributed by atoms with Gasteiger partial charge in [-0.3, -0.25) is 0 Å². The fourth-order valence-corrected chi connectivity index (χ4v) is 1.46. The molecule has 0 aliphatic rings. The molecule has 0 N–H and O–H groups in total. The molecule has 0 aliphatic carbocycles. The summed E-state index contributed by atoms with van der Waals surface area (Å²) >= 11 is 0. The van der Waals surface area contributed by atoms with Crippen molar-refractivity contribution in [3.05, 3.63) is 54.1 Å². The molecule has 0 saturated carbocycles. The summed E-state index contributed by atoms with van der Waals surface area (Å²) in [4.78, 5) is 15.7. The lowest BCUT2D eigenvalue weighted by Crippen LogP contribution is -2.13. The highest BCUT2D eigenvalue weighted by Crippen LogP contribution is 2.11. The number of hydrogen-bond acceptors (Lipinski definition) is 3. The maximum absolute atomic E-state index is 11.8. The van der Waals surface area contributed by atoms with Crippen molar-refractivity contribution in [2.45, 2.75) is 20.1 Å². The molecule has 88 valence electrons. The van der Waals surface area contributed by atoms with Crippen LogP contribution in [-0.4, -0.2) is 15.5 Å². The van der Waals surface area contributed by atoms with E-state index < -0.39 is 0 Å². The van der Waals surface area contributed by atoms with Crippen molar-refractivity contribution in [3.8, 4) is 0 Å². The number of nitrogens with zero attached hydrogens (tertiary/aromatic N) is 2. The molecule has 1 unspecified atom stereocenters. The Morgan fingerprint density at radius 1 is 1.35 bits per heavy atom. The number of hydrogen-bond donors (Lipinski definition) is 0. The molecule has 0 saturated heterocycles. The number of ether oxygens (including phenoxy) is 1. The summed E-state index contributed by atoms with van der Waals surface area (Å²) in [6.07, 6.45) is 4.67. The van der Waals surface area contributed by atoms with Crippen LogP contribution in [0.4, 0.5) is 0 Å². The maximum atomic E-state index is 11.8. The highest BCUT2D eigenvalue weighted by Gasteiger charge is 2.12. The molecule has 4 nitrogen and oxygen atoms in total. The van der Waals surface area contributed by atoms with E-state index in [1.54, 1.807) is 42.3 Å². The largest absolute Gasteiger partial charge is 0.438 e. The van der Waals surface area contributed by atoms with Crippen LogP contribution in [0.15, 0.2) is 43.0 Å². The summed E-state index contributed by atoms with van der Waals surface area (Å²) in [5.74, 6) is -0.328. The van der Waals surface area contributed by atoms with Crippen molar-refractivity contribution in [2.24, 2.45) is 0 Å². The molecule has 1 aromatic carbocycles. The third kappa shape index (κ3) is 2.72. The highest BCUT2D eigenvalue weighted by atomic mass is 16.6. The van der Waals surface area contributed by atoms with Gasteiger partial charge in [-0.1, -0.05) is 17.7 Å². The zero-order valence-corrected chi connectivity index (χ0v) is 9.83. The SMILES string of the molecule is Cc1ccc(C(=O)OC(C)n2ccnc2)cc1. The molecule has 2 rings (SSSR count). The van der Waals surface area contributed by atoms with E-state index in [1.165, 1.54) is 0 Å². The van der Waals surface area contributed by atoms with E-state index in [1.807, 2.05) is 19.1 Å². The molecule has 1 aromatic heterocycles. The van der Waals surface area contributed by atoms with Crippen molar-refractivity contribution >= 4 is 5.97 Å². The normalized spacial score (nSPS) is 12.1. The molecule has 0 fully saturated rings. The van der Waals surface area contributed by atoms with Gasteiger partial charge >= 0.3 is 5.97 Å². The molecule has 4 heteroatoms. The van der Waals surface area contributed by atoms with Gasteiger partial charge in [0.05, 0.1) is 11.9 Å². The van der Waals surface area contributed by atoms with Crippen LogP contribution in [-0.2, 0) is 4.74 Å². The number of rotatable bonds is 3. The van der Waals surface area contributed by atoms with Crippen LogP contribution in [0, 0.1) is 6.92 Å². The molecule has 0 aliphatic heterocycles. The summed E-state index contributed by atoms with van der Waals surface area (Å²) in [6, 6.07) is 7.30. The zero-order chi connectivity index (χ0) is 12.3. The van der Waals surface area contributed by atoms with Crippen LogP contribution < -0.4 is 0 Å². The number of esters is 1. The average molecular weight is 230 g/mol. The molecule has 0 radical (unpaired) electrons.